The number of hydrogen-bond acceptors (Lipinski definition) is 5. The molecule has 49 heavy (non-hydrogen) atoms. The Morgan fingerprint density at radius 3 is 1.02 bits per heavy atom. The van der Waals surface area contributed by atoms with Crippen LogP contribution in [0.3, 0.4) is 0 Å². The van der Waals surface area contributed by atoms with E-state index in [-0.39, 0.29) is 0 Å². The number of nitrogens with two attached hydrogens (primary N) is 4. The second kappa shape index (κ2) is 56.4. The molecular formula is C35H76Cl3N5O5S. The number of carboxylic acid groups (broad SMARTS) is 1. The van der Waals surface area contributed by atoms with E-state index in [0.29, 0.717) is 6.54 Å². The highest BCUT2D eigenvalue weighted by Crippen LogP contribution is 2.14. The fraction of sp³-hybridized carbons (Fsp3) is 0.914. The van der Waals surface area contributed by atoms with E-state index < -0.39 is 26.7 Å². The summed E-state index contributed by atoms with van der Waals surface area (Å²) in [4.78, 5) is 29.1. The van der Waals surface area contributed by atoms with Crippen LogP contribution < -0.4 is 28.2 Å². The molecule has 14 heteroatoms. The van der Waals surface area contributed by atoms with Crippen LogP contribution in [-0.4, -0.2) is 39.9 Å². The van der Waals surface area contributed by atoms with E-state index in [2.05, 4.69) is 52.1 Å². The molecule has 10 N–H and O–H groups in total. The molecule has 0 fully saturated rings. The van der Waals surface area contributed by atoms with Gasteiger partial charge in [-0.2, -0.15) is 0 Å². The second-order valence-electron chi connectivity index (χ2n) is 12.0. The van der Waals surface area contributed by atoms with Crippen molar-refractivity contribution in [3.05, 3.63) is 0 Å². The predicted molar refractivity (Wildman–Crippen MR) is 215 cm³/mol. The van der Waals surface area contributed by atoms with E-state index >= 15 is 0 Å². The Bertz CT molecular complexity index is 718. The minimum Gasteiger partial charge on any atom is -0.465 e. The topological polar surface area (TPSA) is 205 Å². The summed E-state index contributed by atoms with van der Waals surface area (Å²) < 4.78 is 27.5. The number of rotatable bonds is 29. The maximum absolute atomic E-state index is 10.8. The van der Waals surface area contributed by atoms with Gasteiger partial charge in [0.2, 0.25) is 9.23 Å². The Kier molecular flexibility index (Phi) is 57.6. The summed E-state index contributed by atoms with van der Waals surface area (Å²) in [6.07, 6.45) is 37.3. The molecule has 298 valence electrons. The van der Waals surface area contributed by atoms with Crippen LogP contribution in [0.5, 0.6) is 0 Å². The standard InChI is InChI=1S/C19H40N2O.C14H31N.CH2ClNO.CH3NO2.Cl2OS/c1-2-3-4-5-6-7-8-9-10-11-12-13-14-15-16-17-18-21-19(20)22;1-2-3-4-5-6-7-8-9-10-11-12-13-14-15;2*2-1(3)4;1-4(2)3/h2-18H2,1H3,(H3,20,21,22);2-15H2,1H3;(H2,3,4);2H2,(H,3,4);/i/hD3. The average molecular weight is 788 g/mol. The first-order chi connectivity index (χ1) is 25.0. The lowest BCUT2D eigenvalue weighted by atomic mass is 10.0. The molecular weight excluding hydrogens is 709 g/mol. The second-order valence-corrected chi connectivity index (χ2v) is 14.9. The fourth-order valence-corrected chi connectivity index (χ4v) is 4.86. The number of carbonyl (C=O) groups is 3. The van der Waals surface area contributed by atoms with E-state index in [4.69, 9.17) is 24.1 Å². The van der Waals surface area contributed by atoms with Crippen molar-refractivity contribution in [1.29, 1.82) is 0 Å². The largest absolute Gasteiger partial charge is 0.465 e. The number of hydrogen-bond donors (Lipinski definition) is 6. The van der Waals surface area contributed by atoms with Crippen LogP contribution in [0.2, 0.25) is 4.24 Å². The summed E-state index contributed by atoms with van der Waals surface area (Å²) in [6, 6.07) is -0.397. The van der Waals surface area contributed by atoms with Crippen LogP contribution in [0, 0.1) is 0 Å². The maximum Gasteiger partial charge on any atom is 0.402 e. The van der Waals surface area contributed by atoms with Crippen molar-refractivity contribution < 1.29 is 27.9 Å². The highest BCUT2D eigenvalue weighted by molar-refractivity contribution is 8.26. The van der Waals surface area contributed by atoms with Crippen molar-refractivity contribution >= 4 is 59.7 Å². The van der Waals surface area contributed by atoms with Crippen molar-refractivity contribution in [2.75, 3.05) is 13.1 Å². The summed E-state index contributed by atoms with van der Waals surface area (Å²) in [7, 11) is 7.36. The number of halogens is 3. The van der Waals surface area contributed by atoms with Crippen molar-refractivity contribution in [2.24, 2.45) is 22.9 Å². The summed E-state index contributed by atoms with van der Waals surface area (Å²) in [5, 5.41) is 9.21. The SMILES string of the molecule is CCCCCCCCCCCCCCN.O=S(Cl)Cl.[2H]NC(=O)Cl.[2H]NC(=O)NCCCCCCCCCCCCCCCCCC.[2H]NC(=O)O. The Labute approximate surface area is 321 Å². The van der Waals surface area contributed by atoms with Gasteiger partial charge in [0, 0.05) is 27.9 Å². The van der Waals surface area contributed by atoms with E-state index in [0.717, 1.165) is 13.0 Å². The number of unbranched alkanes of at least 4 members (excludes halogenated alkanes) is 26. The zero-order valence-corrected chi connectivity index (χ0v) is 34.0. The Balaban J connectivity index is -0.000000215. The van der Waals surface area contributed by atoms with Gasteiger partial charge in [0.25, 0.3) is 0 Å². The molecule has 0 aromatic heterocycles. The van der Waals surface area contributed by atoms with Crippen LogP contribution in [0.25, 0.3) is 0 Å². The van der Waals surface area contributed by atoms with Gasteiger partial charge in [0.05, 0.1) is 0 Å². The normalized spacial score (nSPS) is 10.5. The van der Waals surface area contributed by atoms with Crippen molar-refractivity contribution in [2.45, 2.75) is 194 Å². The quantitative estimate of drug-likeness (QED) is 0.0247. The molecule has 0 rings (SSSR count). The molecule has 0 atom stereocenters. The van der Waals surface area contributed by atoms with Crippen LogP contribution in [0.1, 0.15) is 194 Å². The first-order valence-corrected chi connectivity index (χ1v) is 21.9. The molecule has 0 aliphatic carbocycles. The number of amides is 4. The number of primary amides is 3. The van der Waals surface area contributed by atoms with E-state index in [1.165, 1.54) is 185 Å². The summed E-state index contributed by atoms with van der Waals surface area (Å²) in [6.45, 7) is 6.11. The van der Waals surface area contributed by atoms with Gasteiger partial charge in [0.1, 0.15) is 0 Å². The third-order valence-electron chi connectivity index (χ3n) is 7.37. The highest BCUT2D eigenvalue weighted by Gasteiger charge is 1.96. The van der Waals surface area contributed by atoms with Gasteiger partial charge >= 0.3 is 17.5 Å². The lowest BCUT2D eigenvalue weighted by Crippen LogP contribution is -2.29. The zero-order valence-electron chi connectivity index (χ0n) is 33.9. The van der Waals surface area contributed by atoms with E-state index in [1.807, 2.05) is 5.73 Å². The summed E-state index contributed by atoms with van der Waals surface area (Å²) in [5.74, 6) is 0. The summed E-state index contributed by atoms with van der Waals surface area (Å²) in [5.41, 5.74) is 9.87. The van der Waals surface area contributed by atoms with Gasteiger partial charge in [0.15, 0.2) is 4.24 Å². The monoisotopic (exact) mass is 786 g/mol. The third-order valence-corrected chi connectivity index (χ3v) is 7.37. The molecule has 4 amide bonds. The molecule has 0 heterocycles. The van der Waals surface area contributed by atoms with Crippen LogP contribution in [0.4, 0.5) is 14.4 Å². The van der Waals surface area contributed by atoms with Gasteiger partial charge in [-0.15, -0.1) is 0 Å². The van der Waals surface area contributed by atoms with Gasteiger partial charge in [-0.3, -0.25) is 4.79 Å². The van der Waals surface area contributed by atoms with Crippen molar-refractivity contribution in [3.63, 3.8) is 0 Å². The molecule has 0 saturated carbocycles. The van der Waals surface area contributed by atoms with Crippen molar-refractivity contribution in [3.8, 4) is 0 Å². The molecule has 0 aliphatic heterocycles. The lowest BCUT2D eigenvalue weighted by molar-refractivity contribution is 0.205. The highest BCUT2D eigenvalue weighted by atomic mass is 36.0. The van der Waals surface area contributed by atoms with E-state index in [1.54, 1.807) is 0 Å². The van der Waals surface area contributed by atoms with Gasteiger partial charge in [-0.25, -0.2) is 13.8 Å². The van der Waals surface area contributed by atoms with Crippen LogP contribution in [0.15, 0.2) is 0 Å². The molecule has 0 radical (unpaired) electrons. The van der Waals surface area contributed by atoms with Crippen LogP contribution >= 0.6 is 33.0 Å². The molecule has 0 bridgehead atoms. The Morgan fingerprint density at radius 2 is 0.816 bits per heavy atom. The molecule has 10 nitrogen and oxygen atoms in total. The lowest BCUT2D eigenvalue weighted by Gasteiger charge is -2.04. The molecule has 0 spiro atoms. The number of carbonyl (C=O) groups excluding carboxylic acids is 2. The first kappa shape index (κ1) is 50.1. The minimum atomic E-state index is -1.67. The minimum absolute atomic E-state index is 0.397. The smallest absolute Gasteiger partial charge is 0.402 e. The molecule has 0 aliphatic rings. The van der Waals surface area contributed by atoms with Crippen LogP contribution in [-0.2, 0) is 9.23 Å². The van der Waals surface area contributed by atoms with Crippen molar-refractivity contribution in [1.82, 2.24) is 5.32 Å². The van der Waals surface area contributed by atoms with Gasteiger partial charge in [-0.05, 0) is 31.0 Å². The predicted octanol–water partition coefficient (Wildman–Crippen LogP) is 11.5. The Morgan fingerprint density at radius 1 is 0.571 bits per heavy atom. The maximum atomic E-state index is 10.8. The number of urea groups is 1. The molecule has 0 unspecified atom stereocenters. The van der Waals surface area contributed by atoms with E-state index in [9.17, 15) is 9.59 Å². The molecule has 0 aromatic carbocycles. The van der Waals surface area contributed by atoms with Gasteiger partial charge in [-0.1, -0.05) is 181 Å². The molecule has 0 saturated heterocycles. The van der Waals surface area contributed by atoms with Gasteiger partial charge < -0.3 is 33.3 Å². The first-order valence-electron chi connectivity index (χ1n) is 20.2. The fourth-order valence-electron chi connectivity index (χ4n) is 4.86. The Hall–Kier alpha value is -1.01. The molecule has 0 aromatic rings. The zero-order chi connectivity index (χ0) is 40.4. The average Bonchev–Trinajstić information content (AvgIpc) is 3.12. The summed E-state index contributed by atoms with van der Waals surface area (Å²) >= 11 is 4.52. The third kappa shape index (κ3) is 106. The number of nitrogens with one attached hydrogen (secondary N) is 1.